The lowest BCUT2D eigenvalue weighted by Crippen LogP contribution is -2.01. The van der Waals surface area contributed by atoms with Crippen LogP contribution in [0.15, 0.2) is 48.7 Å². The number of benzene rings is 1. The van der Waals surface area contributed by atoms with E-state index in [1.165, 1.54) is 5.56 Å². The van der Waals surface area contributed by atoms with E-state index in [1.54, 1.807) is 6.20 Å². The maximum atomic E-state index is 3.93. The third-order valence-corrected chi connectivity index (χ3v) is 1.89. The van der Waals surface area contributed by atoms with Crippen molar-refractivity contribution in [3.05, 3.63) is 54.2 Å². The lowest BCUT2D eigenvalue weighted by Gasteiger charge is -2.03. The zero-order valence-electron chi connectivity index (χ0n) is 7.72. The molecule has 0 aliphatic carbocycles. The first kappa shape index (κ1) is 8.69. The van der Waals surface area contributed by atoms with Crippen LogP contribution in [-0.4, -0.2) is 10.2 Å². The van der Waals surface area contributed by atoms with E-state index < -0.39 is 0 Å². The van der Waals surface area contributed by atoms with Gasteiger partial charge in [0.05, 0.1) is 0 Å². The molecule has 1 heterocycles. The van der Waals surface area contributed by atoms with Gasteiger partial charge in [-0.2, -0.15) is 5.10 Å². The molecule has 0 aliphatic heterocycles. The highest BCUT2D eigenvalue weighted by atomic mass is 15.2. The molecule has 0 aliphatic rings. The molecule has 2 aromatic rings. The monoisotopic (exact) mass is 185 g/mol. The highest BCUT2D eigenvalue weighted by molar-refractivity contribution is 5.33. The van der Waals surface area contributed by atoms with Crippen molar-refractivity contribution in [3.8, 4) is 0 Å². The first-order valence-corrected chi connectivity index (χ1v) is 4.50. The molecule has 0 radical (unpaired) electrons. The van der Waals surface area contributed by atoms with Gasteiger partial charge in [0.1, 0.15) is 5.82 Å². The predicted octanol–water partition coefficient (Wildman–Crippen LogP) is 2.09. The molecule has 0 spiro atoms. The predicted molar refractivity (Wildman–Crippen MR) is 55.8 cm³/mol. The van der Waals surface area contributed by atoms with Gasteiger partial charge in [0.25, 0.3) is 0 Å². The average molecular weight is 185 g/mol. The summed E-state index contributed by atoms with van der Waals surface area (Å²) in [5.41, 5.74) is 1.23. The molecule has 1 aromatic heterocycles. The van der Waals surface area contributed by atoms with Gasteiger partial charge in [-0.15, -0.1) is 5.10 Å². The molecule has 0 fully saturated rings. The van der Waals surface area contributed by atoms with Crippen molar-refractivity contribution in [1.29, 1.82) is 0 Å². The van der Waals surface area contributed by atoms with Crippen molar-refractivity contribution in [2.75, 3.05) is 5.32 Å². The topological polar surface area (TPSA) is 37.8 Å². The number of nitrogens with zero attached hydrogens (tertiary/aromatic N) is 2. The standard InChI is InChI=1S/C11H11N3/c1-2-5-10(6-3-1)9-12-11-7-4-8-13-14-11/h1-8H,9H2,(H,12,14). The van der Waals surface area contributed by atoms with Crippen LogP contribution in [0.4, 0.5) is 5.82 Å². The second kappa shape index (κ2) is 4.37. The van der Waals surface area contributed by atoms with Crippen LogP contribution in [-0.2, 0) is 6.54 Å². The maximum absolute atomic E-state index is 3.93. The largest absolute Gasteiger partial charge is 0.365 e. The number of anilines is 1. The quantitative estimate of drug-likeness (QED) is 0.795. The van der Waals surface area contributed by atoms with Crippen LogP contribution >= 0.6 is 0 Å². The van der Waals surface area contributed by atoms with E-state index in [4.69, 9.17) is 0 Å². The summed E-state index contributed by atoms with van der Waals surface area (Å²) >= 11 is 0. The summed E-state index contributed by atoms with van der Waals surface area (Å²) < 4.78 is 0. The first-order chi connectivity index (χ1) is 6.95. The fraction of sp³-hybridized carbons (Fsp3) is 0.0909. The molecule has 70 valence electrons. The summed E-state index contributed by atoms with van der Waals surface area (Å²) in [5.74, 6) is 0.802. The molecule has 0 bridgehead atoms. The van der Waals surface area contributed by atoms with Crippen LogP contribution in [0.5, 0.6) is 0 Å². The Kier molecular flexibility index (Phi) is 2.71. The molecule has 1 aromatic carbocycles. The van der Waals surface area contributed by atoms with Crippen LogP contribution in [0.2, 0.25) is 0 Å². The molecule has 2 rings (SSSR count). The second-order valence-corrected chi connectivity index (χ2v) is 2.95. The summed E-state index contributed by atoms with van der Waals surface area (Å²) in [7, 11) is 0. The Bertz CT molecular complexity index is 333. The van der Waals surface area contributed by atoms with E-state index in [9.17, 15) is 0 Å². The number of hydrogen-bond acceptors (Lipinski definition) is 3. The molecular weight excluding hydrogens is 174 g/mol. The van der Waals surface area contributed by atoms with E-state index in [1.807, 2.05) is 30.3 Å². The van der Waals surface area contributed by atoms with E-state index >= 15 is 0 Å². The summed E-state index contributed by atoms with van der Waals surface area (Å²) in [6.07, 6.45) is 1.66. The molecule has 0 saturated carbocycles. The lowest BCUT2D eigenvalue weighted by molar-refractivity contribution is 1.00. The summed E-state index contributed by atoms with van der Waals surface area (Å²) in [4.78, 5) is 0. The van der Waals surface area contributed by atoms with Crippen molar-refractivity contribution in [2.24, 2.45) is 0 Å². The van der Waals surface area contributed by atoms with Crippen molar-refractivity contribution in [2.45, 2.75) is 6.54 Å². The van der Waals surface area contributed by atoms with E-state index in [0.717, 1.165) is 12.4 Å². The van der Waals surface area contributed by atoms with Gasteiger partial charge in [0.2, 0.25) is 0 Å². The second-order valence-electron chi connectivity index (χ2n) is 2.95. The Morgan fingerprint density at radius 2 is 1.86 bits per heavy atom. The van der Waals surface area contributed by atoms with E-state index in [2.05, 4.69) is 27.6 Å². The minimum absolute atomic E-state index is 0.777. The third-order valence-electron chi connectivity index (χ3n) is 1.89. The normalized spacial score (nSPS) is 9.71. The Labute approximate surface area is 82.8 Å². The molecule has 0 atom stereocenters. The number of rotatable bonds is 3. The average Bonchev–Trinajstić information content (AvgIpc) is 2.29. The summed E-state index contributed by atoms with van der Waals surface area (Å²) in [6.45, 7) is 0.777. The van der Waals surface area contributed by atoms with Crippen molar-refractivity contribution in [1.82, 2.24) is 10.2 Å². The molecule has 0 amide bonds. The van der Waals surface area contributed by atoms with Gasteiger partial charge in [-0.3, -0.25) is 0 Å². The van der Waals surface area contributed by atoms with Crippen molar-refractivity contribution < 1.29 is 0 Å². The van der Waals surface area contributed by atoms with Crippen LogP contribution in [0.1, 0.15) is 5.56 Å². The fourth-order valence-corrected chi connectivity index (χ4v) is 1.18. The van der Waals surface area contributed by atoms with Crippen molar-refractivity contribution >= 4 is 5.82 Å². The van der Waals surface area contributed by atoms with Crippen LogP contribution in [0.3, 0.4) is 0 Å². The molecule has 0 saturated heterocycles. The maximum Gasteiger partial charge on any atom is 0.148 e. The minimum atomic E-state index is 0.777. The van der Waals surface area contributed by atoms with E-state index in [-0.39, 0.29) is 0 Å². The Balaban J connectivity index is 1.96. The van der Waals surface area contributed by atoms with E-state index in [0.29, 0.717) is 0 Å². The highest BCUT2D eigenvalue weighted by Gasteiger charge is 1.92. The Morgan fingerprint density at radius 3 is 2.57 bits per heavy atom. The summed E-state index contributed by atoms with van der Waals surface area (Å²) in [6, 6.07) is 14.0. The van der Waals surface area contributed by atoms with Crippen LogP contribution < -0.4 is 5.32 Å². The number of nitrogens with one attached hydrogen (secondary N) is 1. The zero-order chi connectivity index (χ0) is 9.64. The molecular formula is C11H11N3. The zero-order valence-corrected chi connectivity index (χ0v) is 7.72. The number of aromatic nitrogens is 2. The van der Waals surface area contributed by atoms with Crippen LogP contribution in [0.25, 0.3) is 0 Å². The molecule has 3 nitrogen and oxygen atoms in total. The smallest absolute Gasteiger partial charge is 0.148 e. The lowest BCUT2D eigenvalue weighted by atomic mass is 10.2. The van der Waals surface area contributed by atoms with Gasteiger partial charge in [-0.25, -0.2) is 0 Å². The molecule has 0 unspecified atom stereocenters. The molecule has 14 heavy (non-hydrogen) atoms. The third kappa shape index (κ3) is 2.29. The van der Waals surface area contributed by atoms with Crippen LogP contribution in [0, 0.1) is 0 Å². The molecule has 3 heteroatoms. The van der Waals surface area contributed by atoms with Gasteiger partial charge in [-0.1, -0.05) is 30.3 Å². The Hall–Kier alpha value is -1.90. The summed E-state index contributed by atoms with van der Waals surface area (Å²) in [5, 5.41) is 10.9. The van der Waals surface area contributed by atoms with Gasteiger partial charge in [0, 0.05) is 12.7 Å². The highest BCUT2D eigenvalue weighted by Crippen LogP contribution is 2.03. The fourth-order valence-electron chi connectivity index (χ4n) is 1.18. The molecule has 1 N–H and O–H groups in total. The minimum Gasteiger partial charge on any atom is -0.365 e. The van der Waals surface area contributed by atoms with Gasteiger partial charge < -0.3 is 5.32 Å². The van der Waals surface area contributed by atoms with Crippen molar-refractivity contribution in [3.63, 3.8) is 0 Å². The first-order valence-electron chi connectivity index (χ1n) is 4.50. The Morgan fingerprint density at radius 1 is 1.00 bits per heavy atom. The SMILES string of the molecule is c1ccc(CNc2cccnn2)cc1. The number of hydrogen-bond donors (Lipinski definition) is 1. The van der Waals surface area contributed by atoms with Gasteiger partial charge >= 0.3 is 0 Å². The van der Waals surface area contributed by atoms with Gasteiger partial charge in [0.15, 0.2) is 0 Å². The van der Waals surface area contributed by atoms with Gasteiger partial charge in [-0.05, 0) is 17.7 Å².